The number of rotatable bonds is 3. The third-order valence-electron chi connectivity index (χ3n) is 6.01. The summed E-state index contributed by atoms with van der Waals surface area (Å²) in [5, 5.41) is 3.06. The molecule has 0 spiro atoms. The van der Waals surface area contributed by atoms with Crippen molar-refractivity contribution in [2.75, 3.05) is 31.6 Å². The van der Waals surface area contributed by atoms with Crippen LogP contribution < -0.4 is 14.8 Å². The lowest BCUT2D eigenvalue weighted by molar-refractivity contribution is -0.117. The first-order chi connectivity index (χ1) is 13.8. The van der Waals surface area contributed by atoms with E-state index in [1.54, 1.807) is 0 Å². The minimum atomic E-state index is -0.0300. The van der Waals surface area contributed by atoms with E-state index in [2.05, 4.69) is 22.3 Å². The van der Waals surface area contributed by atoms with Crippen molar-refractivity contribution in [2.45, 2.75) is 31.8 Å². The van der Waals surface area contributed by atoms with Crippen LogP contribution >= 0.6 is 0 Å². The van der Waals surface area contributed by atoms with Crippen molar-refractivity contribution in [1.82, 2.24) is 4.90 Å². The molecule has 2 unspecified atom stereocenters. The van der Waals surface area contributed by atoms with E-state index in [0.717, 1.165) is 42.3 Å². The third-order valence-corrected chi connectivity index (χ3v) is 6.01. The first kappa shape index (κ1) is 17.6. The zero-order valence-electron chi connectivity index (χ0n) is 16.0. The van der Waals surface area contributed by atoms with Crippen LogP contribution in [0, 0.1) is 5.92 Å². The highest BCUT2D eigenvalue weighted by atomic mass is 16.5. The van der Waals surface area contributed by atoms with Crippen LogP contribution in [0.1, 0.15) is 36.5 Å². The van der Waals surface area contributed by atoms with Gasteiger partial charge in [0.05, 0.1) is 13.2 Å². The van der Waals surface area contributed by atoms with Gasteiger partial charge in [-0.05, 0) is 62.2 Å². The van der Waals surface area contributed by atoms with Crippen LogP contribution in [0.15, 0.2) is 42.5 Å². The molecule has 1 saturated heterocycles. The molecule has 0 radical (unpaired) electrons. The average Bonchev–Trinajstić information content (AvgIpc) is 2.73. The van der Waals surface area contributed by atoms with E-state index in [4.69, 9.17) is 9.47 Å². The maximum absolute atomic E-state index is 12.5. The molecule has 1 fully saturated rings. The molecule has 0 bridgehead atoms. The van der Waals surface area contributed by atoms with Crippen LogP contribution in [0.5, 0.6) is 11.5 Å². The summed E-state index contributed by atoms with van der Waals surface area (Å²) < 4.78 is 12.3. The minimum absolute atomic E-state index is 0.0300. The zero-order chi connectivity index (χ0) is 18.9. The molecule has 28 heavy (non-hydrogen) atoms. The SMILES string of the molecule is O=C(CN1CCCCC1)Nc1ccc2c(c1)C1Oc3ccccc3CC1CO2. The fraction of sp³-hybridized carbons (Fsp3) is 0.435. The Labute approximate surface area is 165 Å². The summed E-state index contributed by atoms with van der Waals surface area (Å²) in [6.45, 7) is 3.15. The smallest absolute Gasteiger partial charge is 0.238 e. The predicted octanol–water partition coefficient (Wildman–Crippen LogP) is 3.80. The molecule has 2 aromatic rings. The molecule has 3 heterocycles. The lowest BCUT2D eigenvalue weighted by Crippen LogP contribution is -2.37. The molecule has 0 saturated carbocycles. The maximum atomic E-state index is 12.5. The Morgan fingerprint density at radius 3 is 2.82 bits per heavy atom. The Morgan fingerprint density at radius 1 is 1.07 bits per heavy atom. The topological polar surface area (TPSA) is 50.8 Å². The van der Waals surface area contributed by atoms with Gasteiger partial charge in [0, 0.05) is 17.2 Å². The number of carbonyl (C=O) groups is 1. The van der Waals surface area contributed by atoms with E-state index in [0.29, 0.717) is 19.1 Å². The number of anilines is 1. The lowest BCUT2D eigenvalue weighted by Gasteiger charge is -2.38. The molecule has 3 aliphatic rings. The lowest BCUT2D eigenvalue weighted by atomic mass is 9.85. The summed E-state index contributed by atoms with van der Waals surface area (Å²) in [4.78, 5) is 14.7. The van der Waals surface area contributed by atoms with E-state index in [-0.39, 0.29) is 12.0 Å². The van der Waals surface area contributed by atoms with Crippen LogP contribution in [-0.4, -0.2) is 37.0 Å². The van der Waals surface area contributed by atoms with Crippen molar-refractivity contribution < 1.29 is 14.3 Å². The van der Waals surface area contributed by atoms with Gasteiger partial charge in [-0.2, -0.15) is 0 Å². The monoisotopic (exact) mass is 378 g/mol. The normalized spacial score (nSPS) is 23.4. The van der Waals surface area contributed by atoms with Crippen molar-refractivity contribution in [2.24, 2.45) is 5.92 Å². The highest BCUT2D eigenvalue weighted by Gasteiger charge is 2.37. The van der Waals surface area contributed by atoms with Crippen molar-refractivity contribution in [3.8, 4) is 11.5 Å². The summed E-state index contributed by atoms with van der Waals surface area (Å²) in [5.74, 6) is 2.15. The van der Waals surface area contributed by atoms with Crippen LogP contribution in [-0.2, 0) is 11.2 Å². The van der Waals surface area contributed by atoms with Crippen LogP contribution in [0.2, 0.25) is 0 Å². The molecule has 146 valence electrons. The number of piperidine rings is 1. The molecule has 3 aliphatic heterocycles. The number of hydrogen-bond acceptors (Lipinski definition) is 4. The Hall–Kier alpha value is -2.53. The van der Waals surface area contributed by atoms with Crippen molar-refractivity contribution in [1.29, 1.82) is 0 Å². The third kappa shape index (κ3) is 3.47. The average molecular weight is 378 g/mol. The summed E-state index contributed by atoms with van der Waals surface area (Å²) in [5.41, 5.74) is 3.08. The second-order valence-corrected chi connectivity index (χ2v) is 8.06. The van der Waals surface area contributed by atoms with E-state index in [1.165, 1.54) is 24.8 Å². The molecule has 5 rings (SSSR count). The molecule has 1 N–H and O–H groups in total. The van der Waals surface area contributed by atoms with Gasteiger partial charge in [-0.25, -0.2) is 0 Å². The molecule has 5 nitrogen and oxygen atoms in total. The summed E-state index contributed by atoms with van der Waals surface area (Å²) in [6, 6.07) is 14.1. The van der Waals surface area contributed by atoms with Crippen LogP contribution in [0.25, 0.3) is 0 Å². The Kier molecular flexibility index (Phi) is 4.69. The Morgan fingerprint density at radius 2 is 1.93 bits per heavy atom. The highest BCUT2D eigenvalue weighted by molar-refractivity contribution is 5.92. The quantitative estimate of drug-likeness (QED) is 0.883. The number of nitrogens with zero attached hydrogens (tertiary/aromatic N) is 1. The number of benzene rings is 2. The first-order valence-corrected chi connectivity index (χ1v) is 10.3. The number of fused-ring (bicyclic) bond motifs is 4. The highest BCUT2D eigenvalue weighted by Crippen LogP contribution is 2.45. The maximum Gasteiger partial charge on any atom is 0.238 e. The van der Waals surface area contributed by atoms with Crippen LogP contribution in [0.4, 0.5) is 5.69 Å². The summed E-state index contributed by atoms with van der Waals surface area (Å²) >= 11 is 0. The number of nitrogens with one attached hydrogen (secondary N) is 1. The Bertz CT molecular complexity index is 876. The second kappa shape index (κ2) is 7.47. The standard InChI is InChI=1S/C23H26N2O3/c26-22(14-25-10-4-1-5-11-25)24-18-8-9-21-19(13-18)23-17(15-27-21)12-16-6-2-3-7-20(16)28-23/h2-3,6-9,13,17,23H,1,4-5,10-12,14-15H2,(H,24,26). The largest absolute Gasteiger partial charge is 0.493 e. The van der Waals surface area contributed by atoms with Crippen molar-refractivity contribution in [3.63, 3.8) is 0 Å². The molecule has 2 atom stereocenters. The Balaban J connectivity index is 1.33. The number of carbonyl (C=O) groups excluding carboxylic acids is 1. The van der Waals surface area contributed by atoms with Crippen molar-refractivity contribution >= 4 is 11.6 Å². The van der Waals surface area contributed by atoms with E-state index >= 15 is 0 Å². The fourth-order valence-corrected chi connectivity index (χ4v) is 4.57. The first-order valence-electron chi connectivity index (χ1n) is 10.3. The van der Waals surface area contributed by atoms with E-state index < -0.39 is 0 Å². The predicted molar refractivity (Wildman–Crippen MR) is 108 cm³/mol. The van der Waals surface area contributed by atoms with E-state index in [1.807, 2.05) is 30.3 Å². The van der Waals surface area contributed by atoms with Gasteiger partial charge in [-0.15, -0.1) is 0 Å². The number of amides is 1. The van der Waals surface area contributed by atoms with Crippen molar-refractivity contribution in [3.05, 3.63) is 53.6 Å². The van der Waals surface area contributed by atoms with Gasteiger partial charge < -0.3 is 14.8 Å². The molecule has 1 amide bonds. The van der Waals surface area contributed by atoms with Gasteiger partial charge in [-0.3, -0.25) is 9.69 Å². The van der Waals surface area contributed by atoms with Gasteiger partial charge in [0.1, 0.15) is 17.6 Å². The summed E-state index contributed by atoms with van der Waals surface area (Å²) in [6.07, 6.45) is 4.56. The number of ether oxygens (including phenoxy) is 2. The van der Waals surface area contributed by atoms with Gasteiger partial charge in [-0.1, -0.05) is 24.6 Å². The molecule has 2 aromatic carbocycles. The van der Waals surface area contributed by atoms with Gasteiger partial charge in [0.15, 0.2) is 0 Å². The van der Waals surface area contributed by atoms with Crippen LogP contribution in [0.3, 0.4) is 0 Å². The summed E-state index contributed by atoms with van der Waals surface area (Å²) in [7, 11) is 0. The molecular weight excluding hydrogens is 352 g/mol. The van der Waals surface area contributed by atoms with Gasteiger partial charge >= 0.3 is 0 Å². The molecular formula is C23H26N2O3. The number of likely N-dealkylation sites (tertiary alicyclic amines) is 1. The van der Waals surface area contributed by atoms with E-state index in [9.17, 15) is 4.79 Å². The molecule has 0 aromatic heterocycles. The second-order valence-electron chi connectivity index (χ2n) is 8.06. The molecule has 5 heteroatoms. The number of hydrogen-bond donors (Lipinski definition) is 1. The fourth-order valence-electron chi connectivity index (χ4n) is 4.57. The number of para-hydroxylation sites is 1. The van der Waals surface area contributed by atoms with Gasteiger partial charge in [0.2, 0.25) is 5.91 Å². The molecule has 0 aliphatic carbocycles. The zero-order valence-corrected chi connectivity index (χ0v) is 16.0. The van der Waals surface area contributed by atoms with Gasteiger partial charge in [0.25, 0.3) is 0 Å². The minimum Gasteiger partial charge on any atom is -0.493 e.